The van der Waals surface area contributed by atoms with Gasteiger partial charge in [0.05, 0.1) is 15.9 Å². The zero-order valence-corrected chi connectivity index (χ0v) is 12.7. The van der Waals surface area contributed by atoms with Gasteiger partial charge < -0.3 is 10.5 Å². The molecular formula is C9H14IN3O3S. The lowest BCUT2D eigenvalue weighted by atomic mass is 10.3. The molecule has 0 aliphatic carbocycles. The van der Waals surface area contributed by atoms with Crippen LogP contribution in [0.1, 0.15) is 23.7 Å². The fourth-order valence-corrected chi connectivity index (χ4v) is 2.02. The number of ether oxygens (including phenoxy) is 1. The summed E-state index contributed by atoms with van der Waals surface area (Å²) in [5.41, 5.74) is 6.33. The minimum absolute atomic E-state index is 0.206. The van der Waals surface area contributed by atoms with E-state index in [-0.39, 0.29) is 18.2 Å². The van der Waals surface area contributed by atoms with Crippen LogP contribution in [0, 0.1) is 3.57 Å². The third-order valence-corrected chi connectivity index (χ3v) is 4.92. The van der Waals surface area contributed by atoms with Crippen molar-refractivity contribution in [1.29, 1.82) is 0 Å². The minimum atomic E-state index is -3.24. The molecule has 1 aromatic rings. The van der Waals surface area contributed by atoms with Crippen molar-refractivity contribution in [3.05, 3.63) is 15.1 Å². The molecule has 2 N–H and O–H groups in total. The van der Waals surface area contributed by atoms with E-state index in [0.717, 1.165) is 6.26 Å². The van der Waals surface area contributed by atoms with Gasteiger partial charge in [0.1, 0.15) is 16.9 Å². The highest BCUT2D eigenvalue weighted by Gasteiger charge is 2.22. The first-order valence-corrected chi connectivity index (χ1v) is 7.80. The van der Waals surface area contributed by atoms with Crippen molar-refractivity contribution in [3.63, 3.8) is 0 Å². The summed E-state index contributed by atoms with van der Waals surface area (Å²) in [5, 5.41) is -0.780. The highest BCUT2D eigenvalue weighted by molar-refractivity contribution is 14.1. The number of hydrogen-bond acceptors (Lipinski definition) is 6. The first-order chi connectivity index (χ1) is 7.77. The van der Waals surface area contributed by atoms with Crippen molar-refractivity contribution in [2.24, 2.45) is 0 Å². The van der Waals surface area contributed by atoms with Crippen molar-refractivity contribution in [3.8, 4) is 0 Å². The Labute approximate surface area is 114 Å². The summed E-state index contributed by atoms with van der Waals surface area (Å²) in [7, 11) is -1.71. The molecule has 0 radical (unpaired) electrons. The summed E-state index contributed by atoms with van der Waals surface area (Å²) in [4.78, 5) is 8.19. The van der Waals surface area contributed by atoms with Gasteiger partial charge in [-0.25, -0.2) is 18.4 Å². The van der Waals surface area contributed by atoms with Crippen molar-refractivity contribution in [2.75, 3.05) is 19.1 Å². The zero-order chi connectivity index (χ0) is 13.2. The molecule has 1 rings (SSSR count). The average molecular weight is 371 g/mol. The van der Waals surface area contributed by atoms with Gasteiger partial charge >= 0.3 is 0 Å². The molecule has 0 bridgehead atoms. The average Bonchev–Trinajstić information content (AvgIpc) is 2.22. The number of nitrogens with zero attached hydrogens (tertiary/aromatic N) is 2. The number of halogens is 1. The zero-order valence-electron chi connectivity index (χ0n) is 9.77. The number of aromatic nitrogens is 2. The maximum absolute atomic E-state index is 11.4. The SMILES string of the molecule is COCc1nc(C(C)S(C)(=O)=O)nc(N)c1I. The fourth-order valence-electron chi connectivity index (χ4n) is 1.14. The molecule has 1 unspecified atom stereocenters. The van der Waals surface area contributed by atoms with E-state index in [1.54, 1.807) is 0 Å². The second-order valence-corrected chi connectivity index (χ2v) is 7.08. The summed E-state index contributed by atoms with van der Waals surface area (Å²) < 4.78 is 28.6. The van der Waals surface area contributed by atoms with Crippen LogP contribution in [0.5, 0.6) is 0 Å². The summed E-state index contributed by atoms with van der Waals surface area (Å²) in [6.07, 6.45) is 1.14. The Morgan fingerprint density at radius 2 is 2.06 bits per heavy atom. The molecule has 0 aliphatic heterocycles. The van der Waals surface area contributed by atoms with Gasteiger partial charge in [0.2, 0.25) is 0 Å². The molecule has 1 aromatic heterocycles. The lowest BCUT2D eigenvalue weighted by molar-refractivity contribution is 0.180. The van der Waals surface area contributed by atoms with Gasteiger partial charge in [0.25, 0.3) is 0 Å². The van der Waals surface area contributed by atoms with Gasteiger partial charge in [0.15, 0.2) is 9.84 Å². The second-order valence-electron chi connectivity index (χ2n) is 3.63. The minimum Gasteiger partial charge on any atom is -0.383 e. The smallest absolute Gasteiger partial charge is 0.157 e. The molecule has 0 amide bonds. The van der Waals surface area contributed by atoms with Crippen LogP contribution in [0.2, 0.25) is 0 Å². The molecule has 1 atom stereocenters. The number of nitrogens with two attached hydrogens (primary N) is 1. The van der Waals surface area contributed by atoms with E-state index in [9.17, 15) is 8.42 Å². The van der Waals surface area contributed by atoms with Crippen molar-refractivity contribution < 1.29 is 13.2 Å². The van der Waals surface area contributed by atoms with Crippen LogP contribution in [0.25, 0.3) is 0 Å². The van der Waals surface area contributed by atoms with E-state index in [1.807, 2.05) is 22.6 Å². The largest absolute Gasteiger partial charge is 0.383 e. The summed E-state index contributed by atoms with van der Waals surface area (Å²) >= 11 is 2.01. The third kappa shape index (κ3) is 3.49. The maximum Gasteiger partial charge on any atom is 0.157 e. The molecule has 1 heterocycles. The molecule has 8 heteroatoms. The van der Waals surface area contributed by atoms with Crippen LogP contribution in [0.3, 0.4) is 0 Å². The molecular weight excluding hydrogens is 357 g/mol. The topological polar surface area (TPSA) is 95.2 Å². The number of anilines is 1. The van der Waals surface area contributed by atoms with Crippen LogP contribution < -0.4 is 5.73 Å². The number of methoxy groups -OCH3 is 1. The number of rotatable bonds is 4. The van der Waals surface area contributed by atoms with Crippen molar-refractivity contribution in [2.45, 2.75) is 18.8 Å². The Hall–Kier alpha value is -0.480. The van der Waals surface area contributed by atoms with Crippen LogP contribution in [-0.2, 0) is 21.2 Å². The molecule has 0 saturated carbocycles. The Balaban J connectivity index is 3.28. The van der Waals surface area contributed by atoms with E-state index in [4.69, 9.17) is 10.5 Å². The molecule has 0 saturated heterocycles. The van der Waals surface area contributed by atoms with Crippen LogP contribution in [-0.4, -0.2) is 31.8 Å². The Kier molecular flexibility index (Phi) is 4.67. The third-order valence-electron chi connectivity index (χ3n) is 2.25. The van der Waals surface area contributed by atoms with E-state index in [0.29, 0.717) is 9.26 Å². The van der Waals surface area contributed by atoms with Gasteiger partial charge in [-0.15, -0.1) is 0 Å². The van der Waals surface area contributed by atoms with Gasteiger partial charge in [-0.1, -0.05) is 0 Å². The molecule has 0 aliphatic rings. The Morgan fingerprint density at radius 3 is 2.53 bits per heavy atom. The Bertz CT molecular complexity index is 518. The van der Waals surface area contributed by atoms with E-state index < -0.39 is 15.1 Å². The Morgan fingerprint density at radius 1 is 1.47 bits per heavy atom. The molecule has 6 nitrogen and oxygen atoms in total. The molecule has 17 heavy (non-hydrogen) atoms. The van der Waals surface area contributed by atoms with Crippen LogP contribution in [0.15, 0.2) is 0 Å². The summed E-state index contributed by atoms with van der Waals surface area (Å²) in [6, 6.07) is 0. The van der Waals surface area contributed by atoms with Crippen molar-refractivity contribution in [1.82, 2.24) is 9.97 Å². The van der Waals surface area contributed by atoms with Crippen molar-refractivity contribution >= 4 is 38.2 Å². The quantitative estimate of drug-likeness (QED) is 0.791. The van der Waals surface area contributed by atoms with E-state index >= 15 is 0 Å². The van der Waals surface area contributed by atoms with Crippen LogP contribution in [0.4, 0.5) is 5.82 Å². The standard InChI is InChI=1S/C9H14IN3O3S/c1-5(17(3,14)15)9-12-6(4-16-2)7(10)8(11)13-9/h5H,4H2,1-3H3,(H2,11,12,13). The number of hydrogen-bond donors (Lipinski definition) is 1. The normalized spacial score (nSPS) is 13.6. The van der Waals surface area contributed by atoms with E-state index in [1.165, 1.54) is 14.0 Å². The highest BCUT2D eigenvalue weighted by atomic mass is 127. The molecule has 0 aromatic carbocycles. The van der Waals surface area contributed by atoms with Gasteiger partial charge in [-0.3, -0.25) is 0 Å². The highest BCUT2D eigenvalue weighted by Crippen LogP contribution is 2.23. The maximum atomic E-state index is 11.4. The molecule has 0 fully saturated rings. The van der Waals surface area contributed by atoms with E-state index in [2.05, 4.69) is 9.97 Å². The monoisotopic (exact) mass is 371 g/mol. The van der Waals surface area contributed by atoms with Gasteiger partial charge in [-0.05, 0) is 29.5 Å². The number of sulfone groups is 1. The van der Waals surface area contributed by atoms with Gasteiger partial charge in [-0.2, -0.15) is 0 Å². The predicted molar refractivity (Wildman–Crippen MR) is 73.1 cm³/mol. The lowest BCUT2D eigenvalue weighted by Gasteiger charge is -2.12. The van der Waals surface area contributed by atoms with Crippen LogP contribution >= 0.6 is 22.6 Å². The summed E-state index contributed by atoms with van der Waals surface area (Å²) in [6.45, 7) is 1.81. The summed E-state index contributed by atoms with van der Waals surface area (Å²) in [5.74, 6) is 0.482. The lowest BCUT2D eigenvalue weighted by Crippen LogP contribution is -2.15. The number of nitrogen functional groups attached to an aromatic ring is 1. The van der Waals surface area contributed by atoms with Gasteiger partial charge in [0, 0.05) is 13.4 Å². The molecule has 96 valence electrons. The predicted octanol–water partition coefficient (Wildman–Crippen LogP) is 0.915. The first-order valence-electron chi connectivity index (χ1n) is 4.77. The second kappa shape index (κ2) is 5.44. The molecule has 0 spiro atoms. The first kappa shape index (κ1) is 14.6. The fraction of sp³-hybridized carbons (Fsp3) is 0.556.